The second kappa shape index (κ2) is 7.14. The van der Waals surface area contributed by atoms with Crippen molar-refractivity contribution in [2.75, 3.05) is 46.4 Å². The molecule has 130 valence electrons. The topological polar surface area (TPSA) is 82.1 Å². The summed E-state index contributed by atoms with van der Waals surface area (Å²) in [4.78, 5) is 4.75. The van der Waals surface area contributed by atoms with E-state index < -0.39 is 22.2 Å². The van der Waals surface area contributed by atoms with Crippen LogP contribution in [0.15, 0.2) is 21.7 Å². The molecule has 0 bridgehead atoms. The van der Waals surface area contributed by atoms with E-state index in [2.05, 4.69) is 21.6 Å². The number of nitrogens with zero attached hydrogens (tertiary/aromatic N) is 2. The first kappa shape index (κ1) is 17.3. The van der Waals surface area contributed by atoms with Crippen molar-refractivity contribution in [2.24, 2.45) is 0 Å². The summed E-state index contributed by atoms with van der Waals surface area (Å²) in [6.07, 6.45) is -1.18. The van der Waals surface area contributed by atoms with Crippen LogP contribution in [0.4, 0.5) is 0 Å². The number of ether oxygens (including phenoxy) is 1. The van der Waals surface area contributed by atoms with Gasteiger partial charge in [-0.1, -0.05) is 0 Å². The first-order chi connectivity index (χ1) is 11.0. The van der Waals surface area contributed by atoms with Crippen LogP contribution in [-0.2, 0) is 14.8 Å². The molecule has 2 aliphatic heterocycles. The first-order valence-corrected chi connectivity index (χ1v) is 10.1. The highest BCUT2D eigenvalue weighted by atomic mass is 32.2. The summed E-state index contributed by atoms with van der Waals surface area (Å²) in [7, 11) is -1.51. The lowest BCUT2D eigenvalue weighted by Gasteiger charge is -2.34. The molecule has 1 aromatic rings. The molecule has 3 rings (SSSR count). The van der Waals surface area contributed by atoms with Crippen molar-refractivity contribution < 1.29 is 18.3 Å². The van der Waals surface area contributed by atoms with Crippen molar-refractivity contribution in [2.45, 2.75) is 23.1 Å². The summed E-state index contributed by atoms with van der Waals surface area (Å²) in [5, 5.41) is 13.7. The van der Waals surface area contributed by atoms with E-state index in [0.29, 0.717) is 6.54 Å². The SMILES string of the molecule is CN1CCN(CC2OCC(NS(=O)(=O)c3ccsc3)C2O)CC1. The summed E-state index contributed by atoms with van der Waals surface area (Å²) in [5.41, 5.74) is 0. The molecule has 0 aliphatic carbocycles. The molecule has 0 amide bonds. The molecule has 2 aliphatic rings. The minimum Gasteiger partial charge on any atom is -0.389 e. The Kier molecular flexibility index (Phi) is 5.36. The third-order valence-corrected chi connectivity index (χ3v) is 6.75. The van der Waals surface area contributed by atoms with Crippen molar-refractivity contribution in [1.29, 1.82) is 0 Å². The minimum absolute atomic E-state index is 0.197. The molecule has 0 saturated carbocycles. The van der Waals surface area contributed by atoms with E-state index >= 15 is 0 Å². The lowest BCUT2D eigenvalue weighted by molar-refractivity contribution is 0.00636. The van der Waals surface area contributed by atoms with Gasteiger partial charge in [0, 0.05) is 38.1 Å². The van der Waals surface area contributed by atoms with Crippen molar-refractivity contribution in [1.82, 2.24) is 14.5 Å². The van der Waals surface area contributed by atoms with Gasteiger partial charge in [0.2, 0.25) is 10.0 Å². The van der Waals surface area contributed by atoms with Gasteiger partial charge in [-0.25, -0.2) is 13.1 Å². The monoisotopic (exact) mass is 361 g/mol. The van der Waals surface area contributed by atoms with Crippen molar-refractivity contribution in [3.05, 3.63) is 16.8 Å². The average molecular weight is 361 g/mol. The van der Waals surface area contributed by atoms with Gasteiger partial charge in [-0.2, -0.15) is 11.3 Å². The zero-order valence-corrected chi connectivity index (χ0v) is 14.7. The molecule has 0 radical (unpaired) electrons. The van der Waals surface area contributed by atoms with Gasteiger partial charge < -0.3 is 14.7 Å². The largest absolute Gasteiger partial charge is 0.389 e. The van der Waals surface area contributed by atoms with Gasteiger partial charge in [0.15, 0.2) is 0 Å². The zero-order valence-electron chi connectivity index (χ0n) is 13.1. The average Bonchev–Trinajstić information content (AvgIpc) is 3.15. The maximum atomic E-state index is 12.2. The van der Waals surface area contributed by atoms with Crippen LogP contribution in [0.2, 0.25) is 0 Å². The first-order valence-electron chi connectivity index (χ1n) is 7.71. The van der Waals surface area contributed by atoms with Crippen LogP contribution >= 0.6 is 11.3 Å². The lowest BCUT2D eigenvalue weighted by Crippen LogP contribution is -2.50. The Bertz CT molecular complexity index is 600. The number of hydrogen-bond acceptors (Lipinski definition) is 7. The molecule has 9 heteroatoms. The number of aliphatic hydroxyl groups is 1. The fourth-order valence-corrected chi connectivity index (χ4v) is 5.17. The van der Waals surface area contributed by atoms with Crippen LogP contribution in [0.5, 0.6) is 0 Å². The fourth-order valence-electron chi connectivity index (χ4n) is 2.91. The molecule has 3 unspecified atom stereocenters. The second-order valence-electron chi connectivity index (χ2n) is 6.15. The number of likely N-dealkylation sites (N-methyl/N-ethyl adjacent to an activating group) is 1. The minimum atomic E-state index is -3.60. The van der Waals surface area contributed by atoms with Crippen LogP contribution in [0.25, 0.3) is 0 Å². The molecule has 0 spiro atoms. The smallest absolute Gasteiger partial charge is 0.241 e. The number of nitrogens with one attached hydrogen (secondary N) is 1. The number of rotatable bonds is 5. The van der Waals surface area contributed by atoms with Crippen LogP contribution < -0.4 is 4.72 Å². The number of sulfonamides is 1. The summed E-state index contributed by atoms with van der Waals surface area (Å²) in [6.45, 7) is 4.70. The van der Waals surface area contributed by atoms with E-state index in [1.807, 2.05) is 0 Å². The van der Waals surface area contributed by atoms with E-state index in [-0.39, 0.29) is 17.6 Å². The summed E-state index contributed by atoms with van der Waals surface area (Å²) in [5.74, 6) is 0. The molecule has 3 heterocycles. The van der Waals surface area contributed by atoms with Gasteiger partial charge in [-0.15, -0.1) is 0 Å². The highest BCUT2D eigenvalue weighted by molar-refractivity contribution is 7.89. The van der Waals surface area contributed by atoms with Gasteiger partial charge in [0.1, 0.15) is 0 Å². The molecular weight excluding hydrogens is 338 g/mol. The van der Waals surface area contributed by atoms with Gasteiger partial charge in [0.25, 0.3) is 0 Å². The summed E-state index contributed by atoms with van der Waals surface area (Å²) in [6, 6.07) is 0.953. The fraction of sp³-hybridized carbons (Fsp3) is 0.714. The Labute approximate surface area is 140 Å². The maximum absolute atomic E-state index is 12.2. The van der Waals surface area contributed by atoms with E-state index in [1.54, 1.807) is 16.8 Å². The molecule has 3 atom stereocenters. The van der Waals surface area contributed by atoms with Crippen LogP contribution in [0.3, 0.4) is 0 Å². The predicted molar refractivity (Wildman–Crippen MR) is 88.1 cm³/mol. The van der Waals surface area contributed by atoms with Crippen molar-refractivity contribution in [3.8, 4) is 0 Å². The predicted octanol–water partition coefficient (Wildman–Crippen LogP) is -0.598. The third kappa shape index (κ3) is 4.11. The van der Waals surface area contributed by atoms with E-state index in [4.69, 9.17) is 4.74 Å². The molecule has 1 aromatic heterocycles. The van der Waals surface area contributed by atoms with Gasteiger partial charge in [0.05, 0.1) is 29.8 Å². The molecule has 7 nitrogen and oxygen atoms in total. The Balaban J connectivity index is 1.55. The van der Waals surface area contributed by atoms with Gasteiger partial charge in [-0.05, 0) is 18.5 Å². The number of piperazine rings is 1. The van der Waals surface area contributed by atoms with Gasteiger partial charge in [-0.3, -0.25) is 4.90 Å². The lowest BCUT2D eigenvalue weighted by atomic mass is 10.1. The number of hydrogen-bond donors (Lipinski definition) is 2. The highest BCUT2D eigenvalue weighted by Crippen LogP contribution is 2.20. The number of aliphatic hydroxyl groups excluding tert-OH is 1. The molecule has 2 fully saturated rings. The molecule has 23 heavy (non-hydrogen) atoms. The highest BCUT2D eigenvalue weighted by Gasteiger charge is 2.39. The molecule has 0 aromatic carbocycles. The number of thiophene rings is 1. The van der Waals surface area contributed by atoms with Crippen molar-refractivity contribution >= 4 is 21.4 Å². The van der Waals surface area contributed by atoms with E-state index in [1.165, 1.54) is 11.3 Å². The second-order valence-corrected chi connectivity index (χ2v) is 8.65. The van der Waals surface area contributed by atoms with Crippen LogP contribution in [0.1, 0.15) is 0 Å². The maximum Gasteiger partial charge on any atom is 0.241 e. The summed E-state index contributed by atoms with van der Waals surface area (Å²) < 4.78 is 32.7. The zero-order chi connectivity index (χ0) is 16.4. The van der Waals surface area contributed by atoms with E-state index in [0.717, 1.165) is 26.2 Å². The molecule has 2 N–H and O–H groups in total. The Morgan fingerprint density at radius 1 is 1.39 bits per heavy atom. The quantitative estimate of drug-likeness (QED) is 0.729. The van der Waals surface area contributed by atoms with E-state index in [9.17, 15) is 13.5 Å². The standard InChI is InChI=1S/C14H23N3O4S2/c1-16-3-5-17(6-4-16)8-13-14(18)12(9-21-13)15-23(19,20)11-2-7-22-10-11/h2,7,10,12-15,18H,3-6,8-9H2,1H3. The van der Waals surface area contributed by atoms with Crippen LogP contribution in [0, 0.1) is 0 Å². The molecular formula is C14H23N3O4S2. The van der Waals surface area contributed by atoms with Crippen molar-refractivity contribution in [3.63, 3.8) is 0 Å². The van der Waals surface area contributed by atoms with Crippen LogP contribution in [-0.4, -0.2) is 88.0 Å². The molecule has 2 saturated heterocycles. The normalized spacial score (nSPS) is 30.8. The van der Waals surface area contributed by atoms with Gasteiger partial charge >= 0.3 is 0 Å². The Morgan fingerprint density at radius 3 is 2.78 bits per heavy atom. The third-order valence-electron chi connectivity index (χ3n) is 4.43. The Hall–Kier alpha value is -0.550. The summed E-state index contributed by atoms with van der Waals surface area (Å²) >= 11 is 1.33. The Morgan fingerprint density at radius 2 is 2.13 bits per heavy atom.